The molecule has 0 radical (unpaired) electrons. The molecule has 0 aliphatic carbocycles. The summed E-state index contributed by atoms with van der Waals surface area (Å²) in [4.78, 5) is 22.3. The molecule has 0 spiro atoms. The lowest BCUT2D eigenvalue weighted by Crippen LogP contribution is -2.48. The molecule has 0 aliphatic heterocycles. The number of carbonyl (C=O) groups is 2. The first kappa shape index (κ1) is 15.7. The van der Waals surface area contributed by atoms with Crippen molar-refractivity contribution in [3.63, 3.8) is 0 Å². The number of hydrogen-bond acceptors (Lipinski definition) is 4. The van der Waals surface area contributed by atoms with Gasteiger partial charge in [0.2, 0.25) is 5.91 Å². The maximum Gasteiger partial charge on any atom is 0.325 e. The van der Waals surface area contributed by atoms with Crippen molar-refractivity contribution in [1.82, 2.24) is 5.32 Å². The highest BCUT2D eigenvalue weighted by atomic mass is 127. The van der Waals surface area contributed by atoms with Gasteiger partial charge < -0.3 is 21.3 Å². The number of halogens is 1. The van der Waals surface area contributed by atoms with Crippen LogP contribution in [0, 0.1) is 3.57 Å². The number of phenols is 1. The molecule has 0 heterocycles. The van der Waals surface area contributed by atoms with Crippen LogP contribution in [-0.4, -0.2) is 34.2 Å². The van der Waals surface area contributed by atoms with Gasteiger partial charge in [-0.25, -0.2) is 0 Å². The molecule has 7 heteroatoms. The van der Waals surface area contributed by atoms with E-state index < -0.39 is 24.0 Å². The highest BCUT2D eigenvalue weighted by Gasteiger charge is 2.19. The summed E-state index contributed by atoms with van der Waals surface area (Å²) in [6.45, 7) is 1.37. The van der Waals surface area contributed by atoms with Gasteiger partial charge >= 0.3 is 5.97 Å². The van der Waals surface area contributed by atoms with E-state index in [0.29, 0.717) is 3.57 Å². The Hall–Kier alpha value is -1.35. The quantitative estimate of drug-likeness (QED) is 0.556. The van der Waals surface area contributed by atoms with Crippen molar-refractivity contribution in [3.05, 3.63) is 27.3 Å². The molecule has 0 saturated carbocycles. The lowest BCUT2D eigenvalue weighted by Gasteiger charge is -2.15. The Morgan fingerprint density at radius 2 is 2.11 bits per heavy atom. The number of benzene rings is 1. The van der Waals surface area contributed by atoms with Gasteiger partial charge in [-0.1, -0.05) is 6.07 Å². The van der Waals surface area contributed by atoms with Crippen LogP contribution in [0.25, 0.3) is 0 Å². The van der Waals surface area contributed by atoms with E-state index in [2.05, 4.69) is 5.32 Å². The van der Waals surface area contributed by atoms with E-state index in [-0.39, 0.29) is 12.2 Å². The molecule has 0 aromatic heterocycles. The summed E-state index contributed by atoms with van der Waals surface area (Å²) >= 11 is 1.97. The molecule has 104 valence electrons. The predicted octanol–water partition coefficient (Wildman–Crippen LogP) is 0.456. The summed E-state index contributed by atoms with van der Waals surface area (Å²) < 4.78 is 0.668. The van der Waals surface area contributed by atoms with Gasteiger partial charge in [-0.05, 0) is 53.6 Å². The van der Waals surface area contributed by atoms with E-state index in [9.17, 15) is 14.7 Å². The molecule has 0 unspecified atom stereocenters. The minimum atomic E-state index is -1.11. The second-order valence-corrected chi connectivity index (χ2v) is 5.33. The molecule has 1 rings (SSSR count). The van der Waals surface area contributed by atoms with Crippen molar-refractivity contribution in [2.75, 3.05) is 0 Å². The smallest absolute Gasteiger partial charge is 0.325 e. The van der Waals surface area contributed by atoms with Gasteiger partial charge in [0.25, 0.3) is 0 Å². The van der Waals surface area contributed by atoms with Crippen LogP contribution in [-0.2, 0) is 16.0 Å². The summed E-state index contributed by atoms with van der Waals surface area (Å²) in [6.07, 6.45) is 0.272. The Morgan fingerprint density at radius 1 is 1.47 bits per heavy atom. The number of phenolic OH excluding ortho intramolecular Hbond substituents is 1. The van der Waals surface area contributed by atoms with Crippen molar-refractivity contribution < 1.29 is 19.8 Å². The maximum atomic E-state index is 11.7. The average Bonchev–Trinajstić information content (AvgIpc) is 2.33. The molecule has 2 atom stereocenters. The minimum absolute atomic E-state index is 0.168. The van der Waals surface area contributed by atoms with Crippen LogP contribution in [0.15, 0.2) is 18.2 Å². The fourth-order valence-electron chi connectivity index (χ4n) is 1.41. The van der Waals surface area contributed by atoms with Crippen molar-refractivity contribution >= 4 is 34.5 Å². The van der Waals surface area contributed by atoms with Gasteiger partial charge in [-0.3, -0.25) is 9.59 Å². The third-order valence-electron chi connectivity index (χ3n) is 2.53. The van der Waals surface area contributed by atoms with Crippen LogP contribution >= 0.6 is 22.6 Å². The van der Waals surface area contributed by atoms with E-state index in [1.165, 1.54) is 13.0 Å². The zero-order valence-electron chi connectivity index (χ0n) is 10.3. The molecule has 1 aromatic rings. The third-order valence-corrected chi connectivity index (χ3v) is 3.40. The summed E-state index contributed by atoms with van der Waals surface area (Å²) in [5.74, 6) is -1.46. The Labute approximate surface area is 124 Å². The van der Waals surface area contributed by atoms with Gasteiger partial charge in [0.1, 0.15) is 11.8 Å². The summed E-state index contributed by atoms with van der Waals surface area (Å²) in [5, 5.41) is 20.4. The molecule has 1 aromatic carbocycles. The Morgan fingerprint density at radius 3 is 2.63 bits per heavy atom. The third kappa shape index (κ3) is 4.67. The number of hydrogen-bond donors (Lipinski definition) is 4. The number of carboxylic acids is 1. The summed E-state index contributed by atoms with van der Waals surface area (Å²) in [5.41, 5.74) is 6.51. The van der Waals surface area contributed by atoms with Crippen LogP contribution in [0.2, 0.25) is 0 Å². The number of amides is 1. The molecule has 1 amide bonds. The van der Waals surface area contributed by atoms with E-state index in [1.54, 1.807) is 12.1 Å². The highest BCUT2D eigenvalue weighted by Crippen LogP contribution is 2.20. The predicted molar refractivity (Wildman–Crippen MR) is 77.7 cm³/mol. The van der Waals surface area contributed by atoms with E-state index in [4.69, 9.17) is 10.8 Å². The Kier molecular flexibility index (Phi) is 5.55. The van der Waals surface area contributed by atoms with Crippen molar-refractivity contribution in [3.8, 4) is 5.75 Å². The number of carboxylic acid groups (broad SMARTS) is 1. The van der Waals surface area contributed by atoms with Crippen LogP contribution in [0.3, 0.4) is 0 Å². The minimum Gasteiger partial charge on any atom is -0.507 e. The second kappa shape index (κ2) is 6.71. The number of nitrogens with two attached hydrogens (primary N) is 1. The molecule has 0 bridgehead atoms. The van der Waals surface area contributed by atoms with Gasteiger partial charge in [0, 0.05) is 0 Å². The maximum absolute atomic E-state index is 11.7. The van der Waals surface area contributed by atoms with E-state index >= 15 is 0 Å². The molecular formula is C12H15IN2O4. The van der Waals surface area contributed by atoms with Crippen LogP contribution in [0.1, 0.15) is 12.5 Å². The van der Waals surface area contributed by atoms with Crippen molar-refractivity contribution in [1.29, 1.82) is 0 Å². The molecule has 5 N–H and O–H groups in total. The lowest BCUT2D eigenvalue weighted by molar-refractivity contribution is -0.141. The van der Waals surface area contributed by atoms with Crippen molar-refractivity contribution in [2.24, 2.45) is 5.73 Å². The van der Waals surface area contributed by atoms with Gasteiger partial charge in [0.05, 0.1) is 9.61 Å². The number of aliphatic carboxylic acids is 1. The van der Waals surface area contributed by atoms with Crippen molar-refractivity contribution in [2.45, 2.75) is 25.4 Å². The Bertz CT molecular complexity index is 493. The standard InChI is InChI=1S/C12H15IN2O4/c1-6(12(18)19)15-11(17)9(14)5-7-2-3-10(16)8(13)4-7/h2-4,6,9,16H,5,14H2,1H3,(H,15,17)(H,18,19)/t6-,9-/m0/s1. The zero-order chi connectivity index (χ0) is 14.6. The average molecular weight is 378 g/mol. The number of aromatic hydroxyl groups is 1. The molecule has 19 heavy (non-hydrogen) atoms. The topological polar surface area (TPSA) is 113 Å². The molecule has 0 fully saturated rings. The zero-order valence-corrected chi connectivity index (χ0v) is 12.4. The summed E-state index contributed by atoms with van der Waals surface area (Å²) in [7, 11) is 0. The van der Waals surface area contributed by atoms with Crippen LogP contribution < -0.4 is 11.1 Å². The normalized spacial score (nSPS) is 13.6. The fraction of sp³-hybridized carbons (Fsp3) is 0.333. The largest absolute Gasteiger partial charge is 0.507 e. The number of nitrogens with one attached hydrogen (secondary N) is 1. The molecular weight excluding hydrogens is 363 g/mol. The number of carbonyl (C=O) groups excluding carboxylic acids is 1. The molecule has 0 saturated heterocycles. The Balaban J connectivity index is 2.63. The number of rotatable bonds is 5. The first-order valence-electron chi connectivity index (χ1n) is 5.57. The summed E-state index contributed by atoms with van der Waals surface area (Å²) in [6, 6.07) is 3.12. The van der Waals surface area contributed by atoms with Gasteiger partial charge in [0.15, 0.2) is 0 Å². The highest BCUT2D eigenvalue weighted by molar-refractivity contribution is 14.1. The molecule has 6 nitrogen and oxygen atoms in total. The van der Waals surface area contributed by atoms with Crippen LogP contribution in [0.5, 0.6) is 5.75 Å². The first-order valence-corrected chi connectivity index (χ1v) is 6.65. The monoisotopic (exact) mass is 378 g/mol. The first-order chi connectivity index (χ1) is 8.81. The second-order valence-electron chi connectivity index (χ2n) is 4.16. The van der Waals surface area contributed by atoms with E-state index in [1.807, 2.05) is 22.6 Å². The fourth-order valence-corrected chi connectivity index (χ4v) is 1.99. The van der Waals surface area contributed by atoms with Crippen LogP contribution in [0.4, 0.5) is 0 Å². The molecule has 0 aliphatic rings. The van der Waals surface area contributed by atoms with Gasteiger partial charge in [-0.15, -0.1) is 0 Å². The lowest BCUT2D eigenvalue weighted by atomic mass is 10.1. The van der Waals surface area contributed by atoms with Gasteiger partial charge in [-0.2, -0.15) is 0 Å². The SMILES string of the molecule is C[C@H](NC(=O)[C@@H](N)Cc1ccc(O)c(I)c1)C(=O)O. The van der Waals surface area contributed by atoms with E-state index in [0.717, 1.165) is 5.56 Å².